The topological polar surface area (TPSA) is 63.3 Å². The van der Waals surface area contributed by atoms with Crippen LogP contribution in [0.1, 0.15) is 36.9 Å². The Labute approximate surface area is 103 Å². The van der Waals surface area contributed by atoms with Gasteiger partial charge < -0.3 is 9.63 Å². The first-order valence-electron chi connectivity index (χ1n) is 5.18. The van der Waals surface area contributed by atoms with Gasteiger partial charge in [-0.1, -0.05) is 32.0 Å². The lowest BCUT2D eigenvalue weighted by atomic mass is 9.89. The first kappa shape index (κ1) is 11.9. The number of aromatic nitrogens is 1. The lowest BCUT2D eigenvalue weighted by Gasteiger charge is -2.14. The monoisotopic (exact) mass is 251 g/mol. The predicted octanol–water partition coefficient (Wildman–Crippen LogP) is 3.40. The molecule has 0 aliphatic carbocycles. The lowest BCUT2D eigenvalue weighted by Crippen LogP contribution is -2.15. The maximum atomic E-state index is 11.4. The Balaban J connectivity index is 2.64. The summed E-state index contributed by atoms with van der Waals surface area (Å²) in [6.45, 7) is 5.70. The van der Waals surface area contributed by atoms with Crippen LogP contribution in [0.4, 0.5) is 0 Å². The van der Waals surface area contributed by atoms with Crippen molar-refractivity contribution in [3.05, 3.63) is 28.8 Å². The van der Waals surface area contributed by atoms with Crippen LogP contribution in [-0.4, -0.2) is 16.2 Å². The number of hydrogen-bond donors (Lipinski definition) is 1. The number of thiophene rings is 1. The number of rotatable bonds is 2. The van der Waals surface area contributed by atoms with Crippen LogP contribution in [0, 0.1) is 0 Å². The molecule has 0 bridgehead atoms. The normalized spacial score (nSPS) is 11.7. The van der Waals surface area contributed by atoms with E-state index < -0.39 is 5.97 Å². The highest BCUT2D eigenvalue weighted by atomic mass is 32.1. The lowest BCUT2D eigenvalue weighted by molar-refractivity contribution is 0.0693. The molecule has 2 aromatic rings. The molecular formula is C12H13NO3S. The Morgan fingerprint density at radius 1 is 1.47 bits per heavy atom. The molecule has 0 radical (unpaired) electrons. The minimum absolute atomic E-state index is 0.167. The molecule has 0 aromatic carbocycles. The quantitative estimate of drug-likeness (QED) is 0.888. The van der Waals surface area contributed by atoms with Gasteiger partial charge in [0.2, 0.25) is 0 Å². The average Bonchev–Trinajstić information content (AvgIpc) is 2.84. The fourth-order valence-electron chi connectivity index (χ4n) is 1.58. The summed E-state index contributed by atoms with van der Waals surface area (Å²) in [4.78, 5) is 12.2. The fourth-order valence-corrected chi connectivity index (χ4v) is 2.29. The van der Waals surface area contributed by atoms with Gasteiger partial charge in [0.05, 0.1) is 4.88 Å². The number of nitrogens with zero attached hydrogens (tertiary/aromatic N) is 1. The molecule has 17 heavy (non-hydrogen) atoms. The number of carboxylic acids is 1. The van der Waals surface area contributed by atoms with E-state index in [1.165, 1.54) is 11.3 Å². The zero-order valence-electron chi connectivity index (χ0n) is 9.85. The van der Waals surface area contributed by atoms with Gasteiger partial charge in [0.25, 0.3) is 0 Å². The fraction of sp³-hybridized carbons (Fsp3) is 0.333. The van der Waals surface area contributed by atoms with E-state index >= 15 is 0 Å². The summed E-state index contributed by atoms with van der Waals surface area (Å²) in [5, 5.41) is 15.1. The van der Waals surface area contributed by atoms with E-state index in [1.54, 1.807) is 0 Å². The summed E-state index contributed by atoms with van der Waals surface area (Å²) in [5.41, 5.74) is 0.202. The molecule has 0 unspecified atom stereocenters. The molecule has 2 rings (SSSR count). The third kappa shape index (κ3) is 2.10. The molecule has 4 nitrogen and oxygen atoms in total. The maximum absolute atomic E-state index is 11.4. The van der Waals surface area contributed by atoms with Crippen molar-refractivity contribution in [3.63, 3.8) is 0 Å². The van der Waals surface area contributed by atoms with Crippen molar-refractivity contribution in [3.8, 4) is 10.6 Å². The molecule has 0 saturated heterocycles. The van der Waals surface area contributed by atoms with Crippen LogP contribution >= 0.6 is 11.3 Å². The molecule has 0 amide bonds. The second kappa shape index (κ2) is 4.00. The second-order valence-electron chi connectivity index (χ2n) is 4.77. The van der Waals surface area contributed by atoms with E-state index in [4.69, 9.17) is 4.52 Å². The highest BCUT2D eigenvalue weighted by Gasteiger charge is 2.31. The second-order valence-corrected chi connectivity index (χ2v) is 5.72. The smallest absolute Gasteiger partial charge is 0.341 e. The van der Waals surface area contributed by atoms with Crippen molar-refractivity contribution in [2.75, 3.05) is 0 Å². The first-order chi connectivity index (χ1) is 7.91. The molecule has 2 heterocycles. The van der Waals surface area contributed by atoms with Crippen LogP contribution < -0.4 is 0 Å². The average molecular weight is 251 g/mol. The first-order valence-corrected chi connectivity index (χ1v) is 6.06. The number of carbonyl (C=O) groups is 1. The van der Waals surface area contributed by atoms with Gasteiger partial charge in [0.1, 0.15) is 11.3 Å². The summed E-state index contributed by atoms with van der Waals surface area (Å²) >= 11 is 1.45. The molecule has 0 spiro atoms. The van der Waals surface area contributed by atoms with Crippen LogP contribution in [0.2, 0.25) is 0 Å². The summed E-state index contributed by atoms with van der Waals surface area (Å²) < 4.78 is 5.22. The van der Waals surface area contributed by atoms with Gasteiger partial charge in [-0.25, -0.2) is 4.79 Å². The Bertz CT molecular complexity index is 535. The van der Waals surface area contributed by atoms with Gasteiger partial charge >= 0.3 is 5.97 Å². The van der Waals surface area contributed by atoms with E-state index in [9.17, 15) is 9.90 Å². The van der Waals surface area contributed by atoms with E-state index in [0.717, 1.165) is 4.88 Å². The van der Waals surface area contributed by atoms with Crippen LogP contribution in [0.5, 0.6) is 0 Å². The summed E-state index contributed by atoms with van der Waals surface area (Å²) in [6, 6.07) is 3.69. The minimum Gasteiger partial charge on any atom is -0.477 e. The van der Waals surface area contributed by atoms with E-state index in [1.807, 2.05) is 38.3 Å². The van der Waals surface area contributed by atoms with Crippen LogP contribution in [0.25, 0.3) is 10.6 Å². The molecule has 0 atom stereocenters. The number of hydrogen-bond acceptors (Lipinski definition) is 4. The van der Waals surface area contributed by atoms with Gasteiger partial charge in [-0.05, 0) is 11.4 Å². The van der Waals surface area contributed by atoms with Crippen molar-refractivity contribution in [2.24, 2.45) is 0 Å². The van der Waals surface area contributed by atoms with E-state index in [0.29, 0.717) is 11.5 Å². The Hall–Kier alpha value is -1.62. The summed E-state index contributed by atoms with van der Waals surface area (Å²) in [6.07, 6.45) is 0. The molecule has 5 heteroatoms. The van der Waals surface area contributed by atoms with Crippen LogP contribution in [-0.2, 0) is 5.41 Å². The molecule has 2 aromatic heterocycles. The van der Waals surface area contributed by atoms with Gasteiger partial charge in [0.15, 0.2) is 5.76 Å². The molecule has 90 valence electrons. The van der Waals surface area contributed by atoms with Crippen molar-refractivity contribution in [1.29, 1.82) is 0 Å². The Morgan fingerprint density at radius 2 is 2.18 bits per heavy atom. The largest absolute Gasteiger partial charge is 0.477 e. The Morgan fingerprint density at radius 3 is 2.65 bits per heavy atom. The van der Waals surface area contributed by atoms with Crippen molar-refractivity contribution >= 4 is 17.3 Å². The van der Waals surface area contributed by atoms with Crippen LogP contribution in [0.15, 0.2) is 22.0 Å². The van der Waals surface area contributed by atoms with E-state index in [-0.39, 0.29) is 11.0 Å². The molecule has 1 N–H and O–H groups in total. The molecular weight excluding hydrogens is 238 g/mol. The van der Waals surface area contributed by atoms with Crippen LogP contribution in [0.3, 0.4) is 0 Å². The Kier molecular flexibility index (Phi) is 2.79. The zero-order chi connectivity index (χ0) is 12.6. The van der Waals surface area contributed by atoms with Gasteiger partial charge in [0, 0.05) is 5.41 Å². The SMILES string of the molecule is CC(C)(C)c1onc(-c2cccs2)c1C(=O)O. The van der Waals surface area contributed by atoms with Gasteiger partial charge in [-0.2, -0.15) is 0 Å². The summed E-state index contributed by atoms with van der Waals surface area (Å²) in [5.74, 6) is -0.590. The molecule has 0 aliphatic heterocycles. The molecule has 0 fully saturated rings. The van der Waals surface area contributed by atoms with Crippen molar-refractivity contribution < 1.29 is 14.4 Å². The number of carboxylic acid groups (broad SMARTS) is 1. The van der Waals surface area contributed by atoms with Gasteiger partial charge in [-0.15, -0.1) is 11.3 Å². The molecule has 0 aliphatic rings. The zero-order valence-corrected chi connectivity index (χ0v) is 10.7. The minimum atomic E-state index is -1.00. The molecule has 0 saturated carbocycles. The highest BCUT2D eigenvalue weighted by molar-refractivity contribution is 7.13. The predicted molar refractivity (Wildman–Crippen MR) is 65.5 cm³/mol. The van der Waals surface area contributed by atoms with E-state index in [2.05, 4.69) is 5.16 Å². The summed E-state index contributed by atoms with van der Waals surface area (Å²) in [7, 11) is 0. The third-order valence-corrected chi connectivity index (χ3v) is 3.22. The van der Waals surface area contributed by atoms with Crippen molar-refractivity contribution in [2.45, 2.75) is 26.2 Å². The standard InChI is InChI=1S/C12H13NO3S/c1-12(2,3)10-8(11(14)15)9(13-16-10)7-5-4-6-17-7/h4-6H,1-3H3,(H,14,15). The number of aromatic carboxylic acids is 1. The maximum Gasteiger partial charge on any atom is 0.341 e. The van der Waals surface area contributed by atoms with Crippen molar-refractivity contribution in [1.82, 2.24) is 5.16 Å². The highest BCUT2D eigenvalue weighted by Crippen LogP contribution is 2.34. The third-order valence-electron chi connectivity index (χ3n) is 2.34. The van der Waals surface area contributed by atoms with Gasteiger partial charge in [-0.3, -0.25) is 0 Å².